The summed E-state index contributed by atoms with van der Waals surface area (Å²) in [5, 5.41) is 2.79. The molecule has 0 aliphatic carbocycles. The minimum absolute atomic E-state index is 0.136. The van der Waals surface area contributed by atoms with Crippen molar-refractivity contribution >= 4 is 5.91 Å². The van der Waals surface area contributed by atoms with Crippen molar-refractivity contribution in [2.24, 2.45) is 0 Å². The first-order chi connectivity index (χ1) is 17.8. The van der Waals surface area contributed by atoms with Crippen LogP contribution in [0, 0.1) is 0 Å². The summed E-state index contributed by atoms with van der Waals surface area (Å²) in [4.78, 5) is 20.0. The number of alkyl halides is 3. The molecule has 1 aliphatic heterocycles. The van der Waals surface area contributed by atoms with Crippen LogP contribution in [0.3, 0.4) is 0 Å². The van der Waals surface area contributed by atoms with Gasteiger partial charge in [0.1, 0.15) is 6.04 Å². The Morgan fingerprint density at radius 1 is 1.11 bits per heavy atom. The van der Waals surface area contributed by atoms with E-state index in [1.807, 2.05) is 36.4 Å². The highest BCUT2D eigenvalue weighted by Crippen LogP contribution is 2.42. The van der Waals surface area contributed by atoms with E-state index in [-0.39, 0.29) is 11.9 Å². The fourth-order valence-corrected chi connectivity index (χ4v) is 4.94. The monoisotopic (exact) mass is 513 g/mol. The smallest absolute Gasteiger partial charge is 0.416 e. The molecule has 1 unspecified atom stereocenters. The fourth-order valence-electron chi connectivity index (χ4n) is 4.94. The summed E-state index contributed by atoms with van der Waals surface area (Å²) < 4.78 is 50.0. The maximum absolute atomic E-state index is 13.2. The highest BCUT2D eigenvalue weighted by Gasteiger charge is 2.38. The number of benzene rings is 2. The maximum atomic E-state index is 13.2. The Kier molecular flexibility index (Phi) is 8.02. The number of rotatable bonds is 8. The third-order valence-electron chi connectivity index (χ3n) is 6.78. The van der Waals surface area contributed by atoms with Crippen LogP contribution in [0.15, 0.2) is 60.7 Å². The van der Waals surface area contributed by atoms with Gasteiger partial charge in [-0.3, -0.25) is 9.69 Å². The number of pyridine rings is 1. The van der Waals surface area contributed by atoms with E-state index in [1.165, 1.54) is 19.2 Å². The van der Waals surface area contributed by atoms with Crippen LogP contribution in [-0.2, 0) is 23.8 Å². The van der Waals surface area contributed by atoms with Gasteiger partial charge in [-0.2, -0.15) is 13.2 Å². The van der Waals surface area contributed by atoms with Gasteiger partial charge in [0.25, 0.3) is 5.88 Å². The lowest BCUT2D eigenvalue weighted by Gasteiger charge is -2.41. The molecular formula is C28H30F3N3O3. The Hall–Kier alpha value is -3.59. The zero-order valence-electron chi connectivity index (χ0n) is 21.0. The average molecular weight is 514 g/mol. The van der Waals surface area contributed by atoms with E-state index in [0.29, 0.717) is 37.4 Å². The number of ether oxygens (including phenoxy) is 2. The van der Waals surface area contributed by atoms with Crippen molar-refractivity contribution < 1.29 is 27.4 Å². The Morgan fingerprint density at radius 3 is 2.41 bits per heavy atom. The van der Waals surface area contributed by atoms with Gasteiger partial charge in [-0.25, -0.2) is 4.98 Å². The lowest BCUT2D eigenvalue weighted by Crippen LogP contribution is -2.45. The van der Waals surface area contributed by atoms with Crippen LogP contribution in [0.5, 0.6) is 11.6 Å². The molecular weight excluding hydrogens is 483 g/mol. The Morgan fingerprint density at radius 2 is 1.81 bits per heavy atom. The molecule has 1 amide bonds. The standard InChI is InChI=1S/C28H30F3N3O3/c1-32-26(35)25(19-7-5-4-6-8-19)34-16-15-22-21(17-24(36-2)27(33-22)37-3)23(34)14-11-18-9-12-20(13-10-18)28(29,30)31/h4-10,12-13,17,23,25H,11,14-16H2,1-3H3,(H,32,35)/t23-,25?/m0/s1. The second kappa shape index (κ2) is 11.2. The number of hydrogen-bond acceptors (Lipinski definition) is 5. The highest BCUT2D eigenvalue weighted by molar-refractivity contribution is 5.83. The molecule has 0 radical (unpaired) electrons. The number of nitrogens with zero attached hydrogens (tertiary/aromatic N) is 2. The van der Waals surface area contributed by atoms with Gasteiger partial charge < -0.3 is 14.8 Å². The SMILES string of the molecule is CNC(=O)C(c1ccccc1)N1CCc2nc(OC)c(OC)cc2[C@@H]1CCc1ccc(C(F)(F)F)cc1. The molecule has 9 heteroatoms. The van der Waals surface area contributed by atoms with Crippen LogP contribution in [0.25, 0.3) is 0 Å². The zero-order chi connectivity index (χ0) is 26.6. The van der Waals surface area contributed by atoms with Crippen molar-refractivity contribution in [3.8, 4) is 11.6 Å². The first kappa shape index (κ1) is 26.5. The van der Waals surface area contributed by atoms with Gasteiger partial charge in [0.2, 0.25) is 5.91 Å². The van der Waals surface area contributed by atoms with Crippen LogP contribution in [0.2, 0.25) is 0 Å². The summed E-state index contributed by atoms with van der Waals surface area (Å²) in [6.07, 6.45) is -2.69. The van der Waals surface area contributed by atoms with E-state index < -0.39 is 17.8 Å². The zero-order valence-corrected chi connectivity index (χ0v) is 21.0. The lowest BCUT2D eigenvalue weighted by atomic mass is 9.88. The molecule has 1 aromatic heterocycles. The fraction of sp³-hybridized carbons (Fsp3) is 0.357. The van der Waals surface area contributed by atoms with Crippen LogP contribution in [-0.4, -0.2) is 43.6 Å². The minimum atomic E-state index is -4.38. The molecule has 1 N–H and O–H groups in total. The second-order valence-electron chi connectivity index (χ2n) is 8.90. The van der Waals surface area contributed by atoms with E-state index in [1.54, 1.807) is 14.2 Å². The number of nitrogens with one attached hydrogen (secondary N) is 1. The molecule has 0 spiro atoms. The maximum Gasteiger partial charge on any atom is 0.416 e. The van der Waals surface area contributed by atoms with E-state index in [9.17, 15) is 18.0 Å². The van der Waals surface area contributed by atoms with Gasteiger partial charge in [-0.15, -0.1) is 0 Å². The number of fused-ring (bicyclic) bond motifs is 1. The van der Waals surface area contributed by atoms with Crippen molar-refractivity contribution in [2.75, 3.05) is 27.8 Å². The molecule has 0 saturated carbocycles. The number of carbonyl (C=O) groups excluding carboxylic acids is 1. The van der Waals surface area contributed by atoms with Gasteiger partial charge >= 0.3 is 6.18 Å². The molecule has 3 aromatic rings. The number of methoxy groups -OCH3 is 2. The quantitative estimate of drug-likeness (QED) is 0.452. The third kappa shape index (κ3) is 5.72. The summed E-state index contributed by atoms with van der Waals surface area (Å²) in [7, 11) is 4.69. The van der Waals surface area contributed by atoms with Gasteiger partial charge in [-0.1, -0.05) is 42.5 Å². The van der Waals surface area contributed by atoms with Crippen molar-refractivity contribution in [3.05, 3.63) is 88.6 Å². The average Bonchev–Trinajstić information content (AvgIpc) is 2.91. The van der Waals surface area contributed by atoms with Crippen LogP contribution in [0.1, 0.15) is 46.5 Å². The Bertz CT molecular complexity index is 1220. The number of aryl methyl sites for hydroxylation is 1. The number of aromatic nitrogens is 1. The van der Waals surface area contributed by atoms with Gasteiger partial charge in [0.05, 0.1) is 25.5 Å². The summed E-state index contributed by atoms with van der Waals surface area (Å²) >= 11 is 0. The van der Waals surface area contributed by atoms with Gasteiger partial charge in [0.15, 0.2) is 5.75 Å². The van der Waals surface area contributed by atoms with Crippen LogP contribution >= 0.6 is 0 Å². The van der Waals surface area contributed by atoms with E-state index >= 15 is 0 Å². The first-order valence-corrected chi connectivity index (χ1v) is 12.1. The normalized spacial score (nSPS) is 16.5. The van der Waals surface area contributed by atoms with Crippen molar-refractivity contribution in [3.63, 3.8) is 0 Å². The molecule has 0 bridgehead atoms. The first-order valence-electron chi connectivity index (χ1n) is 12.1. The number of halogens is 3. The molecule has 196 valence electrons. The highest BCUT2D eigenvalue weighted by atomic mass is 19.4. The van der Waals surface area contributed by atoms with Crippen molar-refractivity contribution in [2.45, 2.75) is 37.5 Å². The molecule has 6 nitrogen and oxygen atoms in total. The number of likely N-dealkylation sites (N-methyl/N-ethyl adjacent to an activating group) is 1. The number of carbonyl (C=O) groups is 1. The molecule has 37 heavy (non-hydrogen) atoms. The van der Waals surface area contributed by atoms with Crippen molar-refractivity contribution in [1.29, 1.82) is 0 Å². The summed E-state index contributed by atoms with van der Waals surface area (Å²) in [6.45, 7) is 0.570. The molecule has 0 fully saturated rings. The second-order valence-corrected chi connectivity index (χ2v) is 8.90. The molecule has 0 saturated heterocycles. The summed E-state index contributed by atoms with van der Waals surface area (Å²) in [5.74, 6) is 0.739. The third-order valence-corrected chi connectivity index (χ3v) is 6.78. The number of hydrogen-bond donors (Lipinski definition) is 1. The van der Waals surface area contributed by atoms with E-state index in [0.717, 1.165) is 34.5 Å². The van der Waals surface area contributed by atoms with Crippen LogP contribution < -0.4 is 14.8 Å². The van der Waals surface area contributed by atoms with Gasteiger partial charge in [-0.05, 0) is 47.7 Å². The summed E-state index contributed by atoms with van der Waals surface area (Å²) in [6, 6.07) is 15.9. The molecule has 2 heterocycles. The van der Waals surface area contributed by atoms with E-state index in [4.69, 9.17) is 9.47 Å². The summed E-state index contributed by atoms with van der Waals surface area (Å²) in [5.41, 5.74) is 2.74. The molecule has 2 atom stereocenters. The van der Waals surface area contributed by atoms with Gasteiger partial charge in [0, 0.05) is 26.1 Å². The molecule has 2 aromatic carbocycles. The lowest BCUT2D eigenvalue weighted by molar-refractivity contribution is -0.137. The van der Waals surface area contributed by atoms with E-state index in [2.05, 4.69) is 15.2 Å². The topological polar surface area (TPSA) is 63.7 Å². The van der Waals surface area contributed by atoms with Crippen LogP contribution in [0.4, 0.5) is 13.2 Å². The predicted octanol–water partition coefficient (Wildman–Crippen LogP) is 5.14. The largest absolute Gasteiger partial charge is 0.491 e. The predicted molar refractivity (Wildman–Crippen MR) is 134 cm³/mol. The molecule has 4 rings (SSSR count). The Labute approximate surface area is 214 Å². The van der Waals surface area contributed by atoms with Crippen molar-refractivity contribution in [1.82, 2.24) is 15.2 Å². The minimum Gasteiger partial charge on any atom is -0.491 e. The molecule has 1 aliphatic rings. The Balaban J connectivity index is 1.73. The number of amides is 1.